The Balaban J connectivity index is 1.79. The van der Waals surface area contributed by atoms with E-state index in [0.29, 0.717) is 17.4 Å². The molecule has 3 rings (SSSR count). The molecular formula is C15H16N4O4S. The van der Waals surface area contributed by atoms with Crippen LogP contribution in [0.1, 0.15) is 30.6 Å². The molecule has 0 saturated carbocycles. The Morgan fingerprint density at radius 1 is 1.12 bits per heavy atom. The third kappa shape index (κ3) is 3.36. The van der Waals surface area contributed by atoms with Crippen LogP contribution in [-0.4, -0.2) is 23.5 Å². The van der Waals surface area contributed by atoms with E-state index in [9.17, 15) is 8.42 Å². The van der Waals surface area contributed by atoms with Gasteiger partial charge in [-0.2, -0.15) is 9.71 Å². The molecule has 0 spiro atoms. The van der Waals surface area contributed by atoms with Gasteiger partial charge in [0.25, 0.3) is 0 Å². The maximum atomic E-state index is 12.4. The van der Waals surface area contributed by atoms with Crippen LogP contribution in [0.15, 0.2) is 44.4 Å². The lowest BCUT2D eigenvalue weighted by Crippen LogP contribution is -2.27. The summed E-state index contributed by atoms with van der Waals surface area (Å²) in [5, 5.41) is 3.65. The number of benzene rings is 1. The summed E-state index contributed by atoms with van der Waals surface area (Å²) in [6.07, 6.45) is 1.52. The first kappa shape index (κ1) is 16.3. The van der Waals surface area contributed by atoms with Crippen LogP contribution in [0, 0.1) is 13.8 Å². The molecule has 1 N–H and O–H groups in total. The molecule has 0 aliphatic carbocycles. The van der Waals surface area contributed by atoms with E-state index in [1.807, 2.05) is 0 Å². The summed E-state index contributed by atoms with van der Waals surface area (Å²) in [5.74, 6) is 1.21. The second-order valence-electron chi connectivity index (χ2n) is 5.30. The van der Waals surface area contributed by atoms with Gasteiger partial charge in [-0.1, -0.05) is 17.3 Å². The number of sulfonamides is 1. The summed E-state index contributed by atoms with van der Waals surface area (Å²) in [5.41, 5.74) is 1.42. The van der Waals surface area contributed by atoms with E-state index in [0.717, 1.165) is 5.56 Å². The van der Waals surface area contributed by atoms with E-state index in [2.05, 4.69) is 19.8 Å². The van der Waals surface area contributed by atoms with Crippen LogP contribution >= 0.6 is 0 Å². The van der Waals surface area contributed by atoms with Crippen molar-refractivity contribution < 1.29 is 17.4 Å². The molecule has 2 heterocycles. The lowest BCUT2D eigenvalue weighted by atomic mass is 10.2. The SMILES string of the molecule is Cc1noc([C@@H](C)NS(=O)(=O)c2ccc(-c3coc(C)n3)cc2)n1. The molecule has 126 valence electrons. The Labute approximate surface area is 139 Å². The smallest absolute Gasteiger partial charge is 0.244 e. The maximum Gasteiger partial charge on any atom is 0.244 e. The van der Waals surface area contributed by atoms with Crippen LogP contribution in [0.2, 0.25) is 0 Å². The molecule has 24 heavy (non-hydrogen) atoms. The van der Waals surface area contributed by atoms with E-state index >= 15 is 0 Å². The zero-order valence-corrected chi connectivity index (χ0v) is 14.2. The average molecular weight is 348 g/mol. The lowest BCUT2D eigenvalue weighted by molar-refractivity contribution is 0.351. The Kier molecular flexibility index (Phi) is 4.20. The van der Waals surface area contributed by atoms with Gasteiger partial charge >= 0.3 is 0 Å². The molecule has 0 aliphatic heterocycles. The van der Waals surface area contributed by atoms with E-state index in [1.54, 1.807) is 32.9 Å². The first-order valence-corrected chi connectivity index (χ1v) is 8.68. The normalized spacial score (nSPS) is 13.1. The number of hydrogen-bond donors (Lipinski definition) is 1. The molecule has 0 bridgehead atoms. The Bertz CT molecular complexity index is 944. The largest absolute Gasteiger partial charge is 0.449 e. The van der Waals surface area contributed by atoms with Crippen molar-refractivity contribution in [3.8, 4) is 11.3 Å². The lowest BCUT2D eigenvalue weighted by Gasteiger charge is -2.10. The second-order valence-corrected chi connectivity index (χ2v) is 7.01. The first-order valence-electron chi connectivity index (χ1n) is 7.20. The van der Waals surface area contributed by atoms with E-state index in [1.165, 1.54) is 18.4 Å². The van der Waals surface area contributed by atoms with Gasteiger partial charge in [-0.05, 0) is 26.0 Å². The molecular weight excluding hydrogens is 332 g/mol. The minimum Gasteiger partial charge on any atom is -0.449 e. The highest BCUT2D eigenvalue weighted by Crippen LogP contribution is 2.22. The number of nitrogens with one attached hydrogen (secondary N) is 1. The van der Waals surface area contributed by atoms with Gasteiger partial charge in [-0.15, -0.1) is 0 Å². The van der Waals surface area contributed by atoms with Gasteiger partial charge in [0.05, 0.1) is 10.9 Å². The van der Waals surface area contributed by atoms with Gasteiger partial charge in [-0.3, -0.25) is 0 Å². The van der Waals surface area contributed by atoms with Crippen LogP contribution in [0.5, 0.6) is 0 Å². The third-order valence-corrected chi connectivity index (χ3v) is 4.88. The highest BCUT2D eigenvalue weighted by Gasteiger charge is 2.22. The molecule has 3 aromatic rings. The van der Waals surface area contributed by atoms with Crippen molar-refractivity contribution >= 4 is 10.0 Å². The second kappa shape index (κ2) is 6.17. The Morgan fingerprint density at radius 2 is 1.83 bits per heavy atom. The van der Waals surface area contributed by atoms with Crippen LogP contribution in [0.25, 0.3) is 11.3 Å². The van der Waals surface area contributed by atoms with E-state index in [4.69, 9.17) is 8.94 Å². The standard InChI is InChI=1S/C15H16N4O4S/c1-9(15-16-10(2)18-23-15)19-24(20,21)13-6-4-12(5-7-13)14-8-22-11(3)17-14/h4-9,19H,1-3H3/t9-/m1/s1. The topological polar surface area (TPSA) is 111 Å². The van der Waals surface area contributed by atoms with Crippen LogP contribution < -0.4 is 4.72 Å². The number of aryl methyl sites for hydroxylation is 2. The van der Waals surface area contributed by atoms with Crippen LogP contribution in [0.4, 0.5) is 0 Å². The van der Waals surface area contributed by atoms with Crippen molar-refractivity contribution in [2.45, 2.75) is 31.7 Å². The molecule has 1 aromatic carbocycles. The quantitative estimate of drug-likeness (QED) is 0.753. The highest BCUT2D eigenvalue weighted by molar-refractivity contribution is 7.89. The fourth-order valence-electron chi connectivity index (χ4n) is 2.14. The monoisotopic (exact) mass is 348 g/mol. The van der Waals surface area contributed by atoms with E-state index in [-0.39, 0.29) is 10.8 Å². The van der Waals surface area contributed by atoms with Crippen molar-refractivity contribution in [1.29, 1.82) is 0 Å². The summed E-state index contributed by atoms with van der Waals surface area (Å²) >= 11 is 0. The van der Waals surface area contributed by atoms with Crippen molar-refractivity contribution in [2.75, 3.05) is 0 Å². The van der Waals surface area contributed by atoms with Crippen molar-refractivity contribution in [2.24, 2.45) is 0 Å². The molecule has 2 aromatic heterocycles. The van der Waals surface area contributed by atoms with Gasteiger partial charge in [0.2, 0.25) is 15.9 Å². The van der Waals surface area contributed by atoms with Gasteiger partial charge in [0.15, 0.2) is 11.7 Å². The first-order chi connectivity index (χ1) is 11.3. The van der Waals surface area contributed by atoms with Gasteiger partial charge in [0.1, 0.15) is 12.0 Å². The van der Waals surface area contributed by atoms with Gasteiger partial charge in [0, 0.05) is 12.5 Å². The van der Waals surface area contributed by atoms with E-state index < -0.39 is 16.1 Å². The van der Waals surface area contributed by atoms with Crippen LogP contribution in [-0.2, 0) is 10.0 Å². The summed E-state index contributed by atoms with van der Waals surface area (Å²) in [6.45, 7) is 5.04. The molecule has 0 radical (unpaired) electrons. The summed E-state index contributed by atoms with van der Waals surface area (Å²) in [6, 6.07) is 5.73. The number of nitrogens with zero attached hydrogens (tertiary/aromatic N) is 3. The average Bonchev–Trinajstić information content (AvgIpc) is 3.16. The summed E-state index contributed by atoms with van der Waals surface area (Å²) in [7, 11) is -3.71. The minimum absolute atomic E-state index is 0.134. The van der Waals surface area contributed by atoms with Crippen molar-refractivity contribution in [1.82, 2.24) is 19.8 Å². The zero-order chi connectivity index (χ0) is 17.3. The molecule has 8 nitrogen and oxygen atoms in total. The minimum atomic E-state index is -3.71. The molecule has 1 atom stereocenters. The Hall–Kier alpha value is -2.52. The zero-order valence-electron chi connectivity index (χ0n) is 13.3. The number of hydrogen-bond acceptors (Lipinski definition) is 7. The van der Waals surface area contributed by atoms with Crippen molar-refractivity contribution in [3.63, 3.8) is 0 Å². The Morgan fingerprint density at radius 3 is 2.38 bits per heavy atom. The predicted molar refractivity (Wildman–Crippen MR) is 84.4 cm³/mol. The van der Waals surface area contributed by atoms with Gasteiger partial charge < -0.3 is 8.94 Å². The predicted octanol–water partition coefficient (Wildman–Crippen LogP) is 2.38. The number of oxazole rings is 1. The fourth-order valence-corrected chi connectivity index (χ4v) is 3.34. The fraction of sp³-hybridized carbons (Fsp3) is 0.267. The summed E-state index contributed by atoms with van der Waals surface area (Å²) < 4.78 is 37.5. The van der Waals surface area contributed by atoms with Crippen molar-refractivity contribution in [3.05, 3.63) is 48.1 Å². The number of rotatable bonds is 5. The number of aromatic nitrogens is 3. The molecule has 0 unspecified atom stereocenters. The highest BCUT2D eigenvalue weighted by atomic mass is 32.2. The molecule has 9 heteroatoms. The molecule has 0 amide bonds. The molecule has 0 aliphatic rings. The molecule has 0 saturated heterocycles. The molecule has 0 fully saturated rings. The third-order valence-electron chi connectivity index (χ3n) is 3.33. The summed E-state index contributed by atoms with van der Waals surface area (Å²) in [4.78, 5) is 8.36. The maximum absolute atomic E-state index is 12.4. The van der Waals surface area contributed by atoms with Crippen LogP contribution in [0.3, 0.4) is 0 Å². The van der Waals surface area contributed by atoms with Gasteiger partial charge in [-0.25, -0.2) is 13.4 Å².